The summed E-state index contributed by atoms with van der Waals surface area (Å²) in [6, 6.07) is 11.6. The van der Waals surface area contributed by atoms with Gasteiger partial charge in [0.15, 0.2) is 11.5 Å². The Labute approximate surface area is 178 Å². The van der Waals surface area contributed by atoms with E-state index in [0.717, 1.165) is 43.8 Å². The van der Waals surface area contributed by atoms with E-state index in [9.17, 15) is 4.79 Å². The van der Waals surface area contributed by atoms with E-state index in [4.69, 9.17) is 18.9 Å². The lowest BCUT2D eigenvalue weighted by Crippen LogP contribution is -2.24. The molecule has 0 atom stereocenters. The highest BCUT2D eigenvalue weighted by Crippen LogP contribution is 2.38. The largest absolute Gasteiger partial charge is 0.496 e. The van der Waals surface area contributed by atoms with E-state index >= 15 is 0 Å². The van der Waals surface area contributed by atoms with E-state index < -0.39 is 0 Å². The molecule has 0 amide bonds. The third-order valence-corrected chi connectivity index (χ3v) is 5.25. The molecule has 160 valence electrons. The SMILES string of the molecule is CCN(CCC/C=C1/OC(=O)c2cc(OC)c(OC)cc21)Cc1ccccc1OC. The Bertz CT molecular complexity index is 922. The van der Waals surface area contributed by atoms with Gasteiger partial charge in [0.05, 0.1) is 26.9 Å². The number of esters is 1. The van der Waals surface area contributed by atoms with Crippen LogP contribution in [0, 0.1) is 0 Å². The van der Waals surface area contributed by atoms with Gasteiger partial charge in [-0.3, -0.25) is 4.90 Å². The van der Waals surface area contributed by atoms with Gasteiger partial charge < -0.3 is 18.9 Å². The van der Waals surface area contributed by atoms with Gasteiger partial charge in [0.2, 0.25) is 0 Å². The number of ether oxygens (including phenoxy) is 4. The van der Waals surface area contributed by atoms with Gasteiger partial charge in [-0.25, -0.2) is 4.79 Å². The zero-order valence-electron chi connectivity index (χ0n) is 18.1. The van der Waals surface area contributed by atoms with Crippen molar-refractivity contribution in [2.75, 3.05) is 34.4 Å². The molecule has 0 N–H and O–H groups in total. The number of hydrogen-bond donors (Lipinski definition) is 0. The third kappa shape index (κ3) is 4.76. The number of carbonyl (C=O) groups is 1. The number of cyclic esters (lactones) is 1. The summed E-state index contributed by atoms with van der Waals surface area (Å²) in [6.45, 7) is 4.88. The van der Waals surface area contributed by atoms with Gasteiger partial charge >= 0.3 is 5.97 Å². The molecule has 1 aliphatic rings. The maximum Gasteiger partial charge on any atom is 0.344 e. The monoisotopic (exact) mass is 411 g/mol. The van der Waals surface area contributed by atoms with Crippen LogP contribution in [0.4, 0.5) is 0 Å². The topological polar surface area (TPSA) is 57.2 Å². The van der Waals surface area contributed by atoms with Gasteiger partial charge in [0, 0.05) is 17.7 Å². The Morgan fingerprint density at radius 1 is 0.967 bits per heavy atom. The van der Waals surface area contributed by atoms with Gasteiger partial charge in [0.25, 0.3) is 0 Å². The summed E-state index contributed by atoms with van der Waals surface area (Å²) in [5.74, 6) is 2.24. The van der Waals surface area contributed by atoms with Crippen LogP contribution in [-0.2, 0) is 11.3 Å². The lowest BCUT2D eigenvalue weighted by Gasteiger charge is -2.21. The molecule has 0 spiro atoms. The first-order chi connectivity index (χ1) is 14.6. The molecule has 0 saturated heterocycles. The second-order valence-corrected chi connectivity index (χ2v) is 7.03. The van der Waals surface area contributed by atoms with E-state index in [1.54, 1.807) is 33.5 Å². The molecule has 0 saturated carbocycles. The van der Waals surface area contributed by atoms with Crippen molar-refractivity contribution in [3.8, 4) is 17.2 Å². The molecule has 6 nitrogen and oxygen atoms in total. The van der Waals surface area contributed by atoms with Crippen molar-refractivity contribution in [2.45, 2.75) is 26.3 Å². The van der Waals surface area contributed by atoms with E-state index in [-0.39, 0.29) is 5.97 Å². The van der Waals surface area contributed by atoms with Crippen LogP contribution in [0.1, 0.15) is 41.3 Å². The zero-order valence-corrected chi connectivity index (χ0v) is 18.1. The van der Waals surface area contributed by atoms with E-state index in [0.29, 0.717) is 22.8 Å². The smallest absolute Gasteiger partial charge is 0.344 e. The predicted octanol–water partition coefficient (Wildman–Crippen LogP) is 4.53. The first kappa shape index (κ1) is 21.7. The average Bonchev–Trinajstić information content (AvgIpc) is 3.09. The first-order valence-electron chi connectivity index (χ1n) is 10.1. The second kappa shape index (κ2) is 10.2. The van der Waals surface area contributed by atoms with Crippen LogP contribution < -0.4 is 14.2 Å². The second-order valence-electron chi connectivity index (χ2n) is 7.03. The highest BCUT2D eigenvalue weighted by molar-refractivity contribution is 6.03. The number of para-hydroxylation sites is 1. The van der Waals surface area contributed by atoms with Crippen molar-refractivity contribution >= 4 is 11.7 Å². The molecule has 0 bridgehead atoms. The summed E-state index contributed by atoms with van der Waals surface area (Å²) in [4.78, 5) is 14.6. The van der Waals surface area contributed by atoms with Gasteiger partial charge in [-0.1, -0.05) is 25.1 Å². The van der Waals surface area contributed by atoms with Crippen LogP contribution in [-0.4, -0.2) is 45.3 Å². The predicted molar refractivity (Wildman–Crippen MR) is 116 cm³/mol. The molecule has 0 fully saturated rings. The van der Waals surface area contributed by atoms with Crippen molar-refractivity contribution in [1.82, 2.24) is 4.90 Å². The number of nitrogens with zero attached hydrogens (tertiary/aromatic N) is 1. The minimum atomic E-state index is -0.358. The molecule has 0 aliphatic carbocycles. The summed E-state index contributed by atoms with van der Waals surface area (Å²) >= 11 is 0. The summed E-state index contributed by atoms with van der Waals surface area (Å²) in [6.07, 6.45) is 3.73. The first-order valence-corrected chi connectivity index (χ1v) is 10.1. The fraction of sp³-hybridized carbons (Fsp3) is 0.375. The summed E-state index contributed by atoms with van der Waals surface area (Å²) in [7, 11) is 4.82. The zero-order chi connectivity index (χ0) is 21.5. The minimum Gasteiger partial charge on any atom is -0.496 e. The van der Waals surface area contributed by atoms with Crippen molar-refractivity contribution in [3.63, 3.8) is 0 Å². The molecular formula is C24H29NO5. The fourth-order valence-electron chi connectivity index (χ4n) is 3.58. The number of fused-ring (bicyclic) bond motifs is 1. The molecule has 0 unspecified atom stereocenters. The normalized spacial score (nSPS) is 14.0. The Morgan fingerprint density at radius 3 is 2.30 bits per heavy atom. The van der Waals surface area contributed by atoms with Crippen molar-refractivity contribution in [3.05, 3.63) is 59.2 Å². The Hall–Kier alpha value is -2.99. The number of allylic oxidation sites excluding steroid dienone is 1. The maximum atomic E-state index is 12.2. The number of carbonyl (C=O) groups excluding carboxylic acids is 1. The van der Waals surface area contributed by atoms with E-state index in [1.807, 2.05) is 24.3 Å². The minimum absolute atomic E-state index is 0.358. The average molecular weight is 411 g/mol. The van der Waals surface area contributed by atoms with Crippen LogP contribution in [0.2, 0.25) is 0 Å². The van der Waals surface area contributed by atoms with Gasteiger partial charge in [-0.05, 0) is 50.2 Å². The van der Waals surface area contributed by atoms with E-state index in [1.165, 1.54) is 5.56 Å². The summed E-state index contributed by atoms with van der Waals surface area (Å²) < 4.78 is 21.6. The molecule has 2 aromatic rings. The van der Waals surface area contributed by atoms with Crippen LogP contribution in [0.3, 0.4) is 0 Å². The standard InChI is InChI=1S/C24H29NO5/c1-5-25(16-17-10-6-7-11-20(17)27-2)13-9-8-12-21-18-14-22(28-3)23(29-4)15-19(18)24(26)30-21/h6-7,10-12,14-15H,5,8-9,13,16H2,1-4H3/b21-12+. The quantitative estimate of drug-likeness (QED) is 0.423. The molecule has 6 heteroatoms. The summed E-state index contributed by atoms with van der Waals surface area (Å²) in [5, 5.41) is 0. The van der Waals surface area contributed by atoms with Gasteiger partial charge in [0.1, 0.15) is 11.5 Å². The number of unbranched alkanes of at least 4 members (excludes halogenated alkanes) is 1. The Balaban J connectivity index is 1.63. The Morgan fingerprint density at radius 2 is 1.63 bits per heavy atom. The lowest BCUT2D eigenvalue weighted by atomic mass is 10.1. The highest BCUT2D eigenvalue weighted by atomic mass is 16.5. The fourth-order valence-corrected chi connectivity index (χ4v) is 3.58. The van der Waals surface area contributed by atoms with Gasteiger partial charge in [-0.15, -0.1) is 0 Å². The van der Waals surface area contributed by atoms with Crippen LogP contribution >= 0.6 is 0 Å². The maximum absolute atomic E-state index is 12.2. The number of rotatable bonds is 10. The van der Waals surface area contributed by atoms with Crippen LogP contribution in [0.5, 0.6) is 17.2 Å². The third-order valence-electron chi connectivity index (χ3n) is 5.25. The molecule has 0 radical (unpaired) electrons. The summed E-state index contributed by atoms with van der Waals surface area (Å²) in [5.41, 5.74) is 2.43. The van der Waals surface area contributed by atoms with Gasteiger partial charge in [-0.2, -0.15) is 0 Å². The molecule has 30 heavy (non-hydrogen) atoms. The molecule has 1 aliphatic heterocycles. The van der Waals surface area contributed by atoms with E-state index in [2.05, 4.69) is 17.9 Å². The van der Waals surface area contributed by atoms with Crippen molar-refractivity contribution < 1.29 is 23.7 Å². The number of benzene rings is 2. The molecule has 3 rings (SSSR count). The number of hydrogen-bond acceptors (Lipinski definition) is 6. The molecule has 2 aromatic carbocycles. The van der Waals surface area contributed by atoms with Crippen LogP contribution in [0.25, 0.3) is 5.76 Å². The molecular weight excluding hydrogens is 382 g/mol. The Kier molecular flexibility index (Phi) is 7.36. The van der Waals surface area contributed by atoms with Crippen molar-refractivity contribution in [2.24, 2.45) is 0 Å². The molecule has 1 heterocycles. The lowest BCUT2D eigenvalue weighted by molar-refractivity contribution is 0.0715. The molecule has 0 aromatic heterocycles. The van der Waals surface area contributed by atoms with Crippen molar-refractivity contribution in [1.29, 1.82) is 0 Å². The number of methoxy groups -OCH3 is 3. The van der Waals surface area contributed by atoms with Crippen LogP contribution in [0.15, 0.2) is 42.5 Å². The highest BCUT2D eigenvalue weighted by Gasteiger charge is 2.28.